The highest BCUT2D eigenvalue weighted by Crippen LogP contribution is 2.06. The van der Waals surface area contributed by atoms with Gasteiger partial charge in [-0.3, -0.25) is 4.79 Å². The average molecular weight is 253 g/mol. The highest BCUT2D eigenvalue weighted by Gasteiger charge is 2.06. The molecule has 6 heteroatoms. The molecule has 0 aliphatic rings. The van der Waals surface area contributed by atoms with Crippen molar-refractivity contribution in [1.82, 2.24) is 10.3 Å². The first-order valence-corrected chi connectivity index (χ1v) is 5.72. The van der Waals surface area contributed by atoms with Crippen LogP contribution in [0.5, 0.6) is 0 Å². The number of rotatable bonds is 7. The molecule has 6 nitrogen and oxygen atoms in total. The van der Waals surface area contributed by atoms with E-state index >= 15 is 0 Å². The van der Waals surface area contributed by atoms with E-state index in [4.69, 9.17) is 15.2 Å². The molecule has 0 atom stereocenters. The Kier molecular flexibility index (Phi) is 6.10. The maximum atomic E-state index is 11.8. The number of carbonyl (C=O) groups excluding carboxylic acids is 1. The number of ether oxygens (including phenoxy) is 2. The zero-order chi connectivity index (χ0) is 13.4. The Morgan fingerprint density at radius 1 is 1.39 bits per heavy atom. The zero-order valence-electron chi connectivity index (χ0n) is 10.7. The fourth-order valence-electron chi connectivity index (χ4n) is 1.41. The van der Waals surface area contributed by atoms with Gasteiger partial charge in [-0.1, -0.05) is 0 Å². The third kappa shape index (κ3) is 5.11. The van der Waals surface area contributed by atoms with E-state index in [1.807, 2.05) is 0 Å². The molecule has 3 N–H and O–H groups in total. The molecule has 0 unspecified atom stereocenters. The highest BCUT2D eigenvalue weighted by atomic mass is 16.5. The number of aromatic nitrogens is 1. The lowest BCUT2D eigenvalue weighted by Gasteiger charge is -2.07. The number of methoxy groups -OCH3 is 1. The van der Waals surface area contributed by atoms with Gasteiger partial charge in [-0.15, -0.1) is 0 Å². The van der Waals surface area contributed by atoms with Gasteiger partial charge in [0.15, 0.2) is 0 Å². The van der Waals surface area contributed by atoms with Gasteiger partial charge in [0, 0.05) is 24.9 Å². The van der Waals surface area contributed by atoms with E-state index < -0.39 is 0 Å². The van der Waals surface area contributed by atoms with Crippen LogP contribution in [0.1, 0.15) is 16.1 Å². The second-order valence-electron chi connectivity index (χ2n) is 3.78. The smallest absolute Gasteiger partial charge is 0.251 e. The molecule has 1 aromatic rings. The molecular weight excluding hydrogens is 234 g/mol. The summed E-state index contributed by atoms with van der Waals surface area (Å²) >= 11 is 0. The van der Waals surface area contributed by atoms with Crippen molar-refractivity contribution < 1.29 is 14.3 Å². The lowest BCUT2D eigenvalue weighted by Crippen LogP contribution is -2.27. The van der Waals surface area contributed by atoms with Crippen molar-refractivity contribution in [2.24, 2.45) is 0 Å². The summed E-state index contributed by atoms with van der Waals surface area (Å²) in [6, 6.07) is 3.24. The Balaban J connectivity index is 2.32. The summed E-state index contributed by atoms with van der Waals surface area (Å²) in [6.07, 6.45) is 0. The van der Waals surface area contributed by atoms with E-state index in [0.717, 1.165) is 5.69 Å². The van der Waals surface area contributed by atoms with E-state index in [2.05, 4.69) is 10.3 Å². The molecule has 18 heavy (non-hydrogen) atoms. The summed E-state index contributed by atoms with van der Waals surface area (Å²) < 4.78 is 10.1. The minimum absolute atomic E-state index is 0.178. The first kappa shape index (κ1) is 14.4. The minimum atomic E-state index is -0.178. The number of nitrogens with two attached hydrogens (primary N) is 1. The number of anilines is 1. The van der Waals surface area contributed by atoms with Gasteiger partial charge in [-0.2, -0.15) is 0 Å². The molecule has 1 amide bonds. The number of nitrogen functional groups attached to an aromatic ring is 1. The van der Waals surface area contributed by atoms with Crippen molar-refractivity contribution in [1.29, 1.82) is 0 Å². The highest BCUT2D eigenvalue weighted by molar-refractivity contribution is 5.94. The fourth-order valence-corrected chi connectivity index (χ4v) is 1.41. The van der Waals surface area contributed by atoms with Crippen molar-refractivity contribution in [3.8, 4) is 0 Å². The molecule has 0 saturated heterocycles. The molecular formula is C12H19N3O3. The van der Waals surface area contributed by atoms with E-state index in [1.165, 1.54) is 0 Å². The van der Waals surface area contributed by atoms with Crippen LogP contribution < -0.4 is 11.1 Å². The third-order valence-corrected chi connectivity index (χ3v) is 2.20. The Bertz CT molecular complexity index is 376. The van der Waals surface area contributed by atoms with Crippen LogP contribution in [0.3, 0.4) is 0 Å². The van der Waals surface area contributed by atoms with Gasteiger partial charge in [0.05, 0.1) is 19.8 Å². The summed E-state index contributed by atoms with van der Waals surface area (Å²) in [5.41, 5.74) is 6.81. The predicted octanol–water partition coefficient (Wildman–Crippen LogP) is 0.365. The zero-order valence-corrected chi connectivity index (χ0v) is 10.7. The predicted molar refractivity (Wildman–Crippen MR) is 68.4 cm³/mol. The maximum absolute atomic E-state index is 11.8. The monoisotopic (exact) mass is 253 g/mol. The van der Waals surface area contributed by atoms with E-state index in [0.29, 0.717) is 37.7 Å². The quantitative estimate of drug-likeness (QED) is 0.685. The van der Waals surface area contributed by atoms with E-state index in [-0.39, 0.29) is 5.91 Å². The average Bonchev–Trinajstić information content (AvgIpc) is 2.32. The number of pyridine rings is 1. The first-order valence-electron chi connectivity index (χ1n) is 5.72. The molecule has 0 spiro atoms. The van der Waals surface area contributed by atoms with Crippen LogP contribution in [0.2, 0.25) is 0 Å². The summed E-state index contributed by atoms with van der Waals surface area (Å²) in [6.45, 7) is 3.77. The van der Waals surface area contributed by atoms with E-state index in [1.54, 1.807) is 26.2 Å². The number of hydrogen-bond donors (Lipinski definition) is 2. The molecule has 100 valence electrons. The fraction of sp³-hybridized carbons (Fsp3) is 0.500. The number of hydrogen-bond acceptors (Lipinski definition) is 5. The van der Waals surface area contributed by atoms with Crippen molar-refractivity contribution in [2.75, 3.05) is 39.2 Å². The van der Waals surface area contributed by atoms with Gasteiger partial charge < -0.3 is 20.5 Å². The molecule has 1 heterocycles. The van der Waals surface area contributed by atoms with Gasteiger partial charge in [0.1, 0.15) is 5.82 Å². The minimum Gasteiger partial charge on any atom is -0.384 e. The van der Waals surface area contributed by atoms with Crippen LogP contribution >= 0.6 is 0 Å². The van der Waals surface area contributed by atoms with Crippen molar-refractivity contribution in [3.63, 3.8) is 0 Å². The van der Waals surface area contributed by atoms with Crippen LogP contribution in [-0.4, -0.2) is 44.4 Å². The van der Waals surface area contributed by atoms with Crippen LogP contribution in [-0.2, 0) is 9.47 Å². The van der Waals surface area contributed by atoms with Crippen LogP contribution in [0, 0.1) is 6.92 Å². The summed E-state index contributed by atoms with van der Waals surface area (Å²) in [5.74, 6) is 0.166. The molecule has 0 aliphatic carbocycles. The number of nitrogens with zero attached hydrogens (tertiary/aromatic N) is 1. The van der Waals surface area contributed by atoms with Crippen molar-refractivity contribution >= 4 is 11.7 Å². The number of aryl methyl sites for hydroxylation is 1. The number of amides is 1. The molecule has 0 aromatic carbocycles. The molecule has 0 aliphatic heterocycles. The van der Waals surface area contributed by atoms with Crippen molar-refractivity contribution in [3.05, 3.63) is 23.4 Å². The Morgan fingerprint density at radius 3 is 2.83 bits per heavy atom. The SMILES string of the molecule is COCCOCCNC(=O)c1cc(C)nc(N)c1. The lowest BCUT2D eigenvalue weighted by molar-refractivity contribution is 0.0692. The molecule has 0 saturated carbocycles. The van der Waals surface area contributed by atoms with Gasteiger partial charge in [-0.25, -0.2) is 4.98 Å². The Labute approximate surface area is 106 Å². The molecule has 1 aromatic heterocycles. The third-order valence-electron chi connectivity index (χ3n) is 2.20. The van der Waals surface area contributed by atoms with Crippen molar-refractivity contribution in [2.45, 2.75) is 6.92 Å². The van der Waals surface area contributed by atoms with Crippen LogP contribution in [0.25, 0.3) is 0 Å². The molecule has 0 fully saturated rings. The second-order valence-corrected chi connectivity index (χ2v) is 3.78. The summed E-state index contributed by atoms with van der Waals surface area (Å²) in [7, 11) is 1.61. The lowest BCUT2D eigenvalue weighted by atomic mass is 10.2. The van der Waals surface area contributed by atoms with Crippen LogP contribution in [0.15, 0.2) is 12.1 Å². The first-order chi connectivity index (χ1) is 8.63. The maximum Gasteiger partial charge on any atom is 0.251 e. The molecule has 0 radical (unpaired) electrons. The number of nitrogens with one attached hydrogen (secondary N) is 1. The standard InChI is InChI=1S/C12H19N3O3/c1-9-7-10(8-11(13)15-9)12(16)14-3-4-18-6-5-17-2/h7-8H,3-6H2,1-2H3,(H2,13,15)(H,14,16). The van der Waals surface area contributed by atoms with Crippen LogP contribution in [0.4, 0.5) is 5.82 Å². The molecule has 1 rings (SSSR count). The summed E-state index contributed by atoms with van der Waals surface area (Å²) in [5, 5.41) is 2.74. The Morgan fingerprint density at radius 2 is 2.17 bits per heavy atom. The van der Waals surface area contributed by atoms with Gasteiger partial charge in [-0.05, 0) is 19.1 Å². The molecule has 0 bridgehead atoms. The normalized spacial score (nSPS) is 10.3. The summed E-state index contributed by atoms with van der Waals surface area (Å²) in [4.78, 5) is 15.8. The van der Waals surface area contributed by atoms with Gasteiger partial charge in [0.25, 0.3) is 5.91 Å². The van der Waals surface area contributed by atoms with E-state index in [9.17, 15) is 4.79 Å². The largest absolute Gasteiger partial charge is 0.384 e. The topological polar surface area (TPSA) is 86.5 Å². The van der Waals surface area contributed by atoms with Gasteiger partial charge in [0.2, 0.25) is 0 Å². The van der Waals surface area contributed by atoms with Gasteiger partial charge >= 0.3 is 0 Å². The Hall–Kier alpha value is -1.66. The second kappa shape index (κ2) is 7.62. The number of carbonyl (C=O) groups is 1.